The number of hydrogen-bond acceptors (Lipinski definition) is 3. The molecule has 3 N–H and O–H groups in total. The highest BCUT2D eigenvalue weighted by atomic mass is 19.1. The third-order valence-electron chi connectivity index (χ3n) is 2.34. The number of benzene rings is 1. The third-order valence-corrected chi connectivity index (χ3v) is 2.34. The number of fused-ring (bicyclic) bond motifs is 1. The Labute approximate surface area is 90.5 Å². The highest BCUT2D eigenvalue weighted by molar-refractivity contribution is 5.81. The molecule has 0 radical (unpaired) electrons. The molecular formula is C11H10FNO3. The van der Waals surface area contributed by atoms with Crippen molar-refractivity contribution in [2.24, 2.45) is 5.73 Å². The first kappa shape index (κ1) is 10.6. The minimum atomic E-state index is -1.03. The van der Waals surface area contributed by atoms with Crippen LogP contribution in [0.2, 0.25) is 0 Å². The van der Waals surface area contributed by atoms with Gasteiger partial charge in [0.1, 0.15) is 11.4 Å². The van der Waals surface area contributed by atoms with Crippen molar-refractivity contribution in [1.82, 2.24) is 0 Å². The molecule has 2 aromatic rings. The molecule has 0 saturated carbocycles. The summed E-state index contributed by atoms with van der Waals surface area (Å²) in [5.41, 5.74) is 6.50. The Balaban J connectivity index is 2.49. The van der Waals surface area contributed by atoms with E-state index in [4.69, 9.17) is 15.3 Å². The molecule has 0 saturated heterocycles. The van der Waals surface area contributed by atoms with Crippen LogP contribution in [0.1, 0.15) is 18.0 Å². The number of carboxylic acids is 1. The molecule has 0 aliphatic carbocycles. The fourth-order valence-corrected chi connectivity index (χ4v) is 1.65. The smallest absolute Gasteiger partial charge is 0.305 e. The Morgan fingerprint density at radius 3 is 3.00 bits per heavy atom. The van der Waals surface area contributed by atoms with Crippen LogP contribution in [0.5, 0.6) is 0 Å². The fraction of sp³-hybridized carbons (Fsp3) is 0.182. The van der Waals surface area contributed by atoms with Crippen molar-refractivity contribution in [3.63, 3.8) is 0 Å². The molecule has 0 aliphatic rings. The lowest BCUT2D eigenvalue weighted by Crippen LogP contribution is -2.15. The van der Waals surface area contributed by atoms with Crippen molar-refractivity contribution in [1.29, 1.82) is 0 Å². The number of carboxylic acid groups (broad SMARTS) is 1. The molecule has 5 heteroatoms. The molecule has 1 unspecified atom stereocenters. The predicted octanol–water partition coefficient (Wildman–Crippen LogP) is 2.05. The quantitative estimate of drug-likeness (QED) is 0.834. The first-order valence-electron chi connectivity index (χ1n) is 4.72. The van der Waals surface area contributed by atoms with Crippen LogP contribution in [0.4, 0.5) is 4.39 Å². The summed E-state index contributed by atoms with van der Waals surface area (Å²) < 4.78 is 18.4. The molecular weight excluding hydrogens is 213 g/mol. The molecule has 1 atom stereocenters. The van der Waals surface area contributed by atoms with Crippen LogP contribution >= 0.6 is 0 Å². The molecule has 0 bridgehead atoms. The molecule has 2 rings (SSSR count). The average Bonchev–Trinajstić information content (AvgIpc) is 2.62. The lowest BCUT2D eigenvalue weighted by molar-refractivity contribution is -0.137. The van der Waals surface area contributed by atoms with Gasteiger partial charge in [-0.25, -0.2) is 4.39 Å². The molecule has 4 nitrogen and oxygen atoms in total. The molecule has 0 amide bonds. The first-order chi connectivity index (χ1) is 7.58. The zero-order valence-corrected chi connectivity index (χ0v) is 8.31. The largest absolute Gasteiger partial charge is 0.481 e. The standard InChI is InChI=1S/C11H10FNO3/c12-7-3-6-1-2-16-11(6)8(4-7)9(13)5-10(14)15/h1-4,9H,5,13H2,(H,14,15). The summed E-state index contributed by atoms with van der Waals surface area (Å²) in [6.45, 7) is 0. The van der Waals surface area contributed by atoms with E-state index in [1.165, 1.54) is 18.4 Å². The summed E-state index contributed by atoms with van der Waals surface area (Å²) in [4.78, 5) is 10.5. The second-order valence-electron chi connectivity index (χ2n) is 3.54. The molecule has 0 spiro atoms. The maximum atomic E-state index is 13.2. The van der Waals surface area contributed by atoms with Gasteiger partial charge in [0.2, 0.25) is 0 Å². The normalized spacial score (nSPS) is 12.9. The monoisotopic (exact) mass is 223 g/mol. The number of carbonyl (C=O) groups is 1. The molecule has 1 aromatic carbocycles. The minimum Gasteiger partial charge on any atom is -0.481 e. The maximum absolute atomic E-state index is 13.2. The van der Waals surface area contributed by atoms with E-state index in [2.05, 4.69) is 0 Å². The summed E-state index contributed by atoms with van der Waals surface area (Å²) in [5.74, 6) is -1.48. The van der Waals surface area contributed by atoms with Gasteiger partial charge >= 0.3 is 5.97 Å². The second kappa shape index (κ2) is 3.94. The van der Waals surface area contributed by atoms with Crippen molar-refractivity contribution in [3.05, 3.63) is 35.8 Å². The van der Waals surface area contributed by atoms with Crippen LogP contribution in [0, 0.1) is 5.82 Å². The van der Waals surface area contributed by atoms with E-state index < -0.39 is 17.8 Å². The number of halogens is 1. The van der Waals surface area contributed by atoms with Crippen molar-refractivity contribution in [2.45, 2.75) is 12.5 Å². The average molecular weight is 223 g/mol. The van der Waals surface area contributed by atoms with E-state index in [9.17, 15) is 9.18 Å². The van der Waals surface area contributed by atoms with E-state index in [1.807, 2.05) is 0 Å². The molecule has 84 valence electrons. The van der Waals surface area contributed by atoms with Gasteiger partial charge < -0.3 is 15.3 Å². The summed E-state index contributed by atoms with van der Waals surface area (Å²) >= 11 is 0. The van der Waals surface area contributed by atoms with Gasteiger partial charge in [0.25, 0.3) is 0 Å². The van der Waals surface area contributed by atoms with Crippen LogP contribution in [-0.4, -0.2) is 11.1 Å². The van der Waals surface area contributed by atoms with Crippen LogP contribution in [0.25, 0.3) is 11.0 Å². The van der Waals surface area contributed by atoms with Gasteiger partial charge in [-0.3, -0.25) is 4.79 Å². The van der Waals surface area contributed by atoms with Crippen molar-refractivity contribution in [2.75, 3.05) is 0 Å². The van der Waals surface area contributed by atoms with Gasteiger partial charge in [-0.1, -0.05) is 0 Å². The van der Waals surface area contributed by atoms with Crippen molar-refractivity contribution >= 4 is 16.9 Å². The zero-order valence-electron chi connectivity index (χ0n) is 8.31. The number of furan rings is 1. The number of nitrogens with two attached hydrogens (primary N) is 1. The SMILES string of the molecule is NC(CC(=O)O)c1cc(F)cc2ccoc12. The van der Waals surface area contributed by atoms with Crippen molar-refractivity contribution < 1.29 is 18.7 Å². The Kier molecular flexibility index (Phi) is 2.62. The van der Waals surface area contributed by atoms with Crippen LogP contribution in [-0.2, 0) is 4.79 Å². The number of hydrogen-bond donors (Lipinski definition) is 2. The molecule has 0 aliphatic heterocycles. The van der Waals surface area contributed by atoms with E-state index >= 15 is 0 Å². The molecule has 1 heterocycles. The van der Waals surface area contributed by atoms with Gasteiger partial charge in [0.05, 0.1) is 12.7 Å². The van der Waals surface area contributed by atoms with E-state index in [1.54, 1.807) is 6.07 Å². The highest BCUT2D eigenvalue weighted by Crippen LogP contribution is 2.27. The predicted molar refractivity (Wildman–Crippen MR) is 55.4 cm³/mol. The topological polar surface area (TPSA) is 76.5 Å². The Bertz CT molecular complexity index is 535. The lowest BCUT2D eigenvalue weighted by Gasteiger charge is -2.09. The van der Waals surface area contributed by atoms with Gasteiger partial charge in [0, 0.05) is 17.0 Å². The zero-order chi connectivity index (χ0) is 11.7. The Morgan fingerprint density at radius 1 is 1.56 bits per heavy atom. The molecule has 0 fully saturated rings. The second-order valence-corrected chi connectivity index (χ2v) is 3.54. The summed E-state index contributed by atoms with van der Waals surface area (Å²) in [5, 5.41) is 9.21. The van der Waals surface area contributed by atoms with E-state index in [0.717, 1.165) is 0 Å². The van der Waals surface area contributed by atoms with Gasteiger partial charge in [0.15, 0.2) is 0 Å². The third kappa shape index (κ3) is 1.90. The first-order valence-corrected chi connectivity index (χ1v) is 4.72. The van der Waals surface area contributed by atoms with E-state index in [0.29, 0.717) is 16.5 Å². The van der Waals surface area contributed by atoms with Crippen LogP contribution in [0.3, 0.4) is 0 Å². The van der Waals surface area contributed by atoms with Gasteiger partial charge in [-0.15, -0.1) is 0 Å². The highest BCUT2D eigenvalue weighted by Gasteiger charge is 2.16. The summed E-state index contributed by atoms with van der Waals surface area (Å²) in [6, 6.07) is 3.35. The van der Waals surface area contributed by atoms with Crippen LogP contribution < -0.4 is 5.73 Å². The molecule has 1 aromatic heterocycles. The molecule has 16 heavy (non-hydrogen) atoms. The number of aliphatic carboxylic acids is 1. The van der Waals surface area contributed by atoms with Gasteiger partial charge in [-0.05, 0) is 18.2 Å². The lowest BCUT2D eigenvalue weighted by atomic mass is 10.0. The summed E-state index contributed by atoms with van der Waals surface area (Å²) in [6.07, 6.45) is 1.15. The number of rotatable bonds is 3. The minimum absolute atomic E-state index is 0.265. The van der Waals surface area contributed by atoms with Gasteiger partial charge in [-0.2, -0.15) is 0 Å². The Hall–Kier alpha value is -1.88. The fourth-order valence-electron chi connectivity index (χ4n) is 1.65. The van der Waals surface area contributed by atoms with Crippen molar-refractivity contribution in [3.8, 4) is 0 Å². The van der Waals surface area contributed by atoms with Crippen LogP contribution in [0.15, 0.2) is 28.9 Å². The maximum Gasteiger partial charge on any atom is 0.305 e. The van der Waals surface area contributed by atoms with E-state index in [-0.39, 0.29) is 6.42 Å². The summed E-state index contributed by atoms with van der Waals surface area (Å²) in [7, 11) is 0. The Morgan fingerprint density at radius 2 is 2.31 bits per heavy atom.